The van der Waals surface area contributed by atoms with Crippen LogP contribution in [0.1, 0.15) is 33.7 Å². The number of hydrogen-bond donors (Lipinski definition) is 2. The molecule has 84 valence electrons. The van der Waals surface area contributed by atoms with Crippen LogP contribution in [0, 0.1) is 11.3 Å². The summed E-state index contributed by atoms with van der Waals surface area (Å²) in [5.74, 6) is -1.60. The summed E-state index contributed by atoms with van der Waals surface area (Å²) in [5, 5.41) is 17.3. The van der Waals surface area contributed by atoms with E-state index in [1.54, 1.807) is 6.07 Å². The highest BCUT2D eigenvalue weighted by molar-refractivity contribution is 5.87. The SMILES string of the molecule is N#Cc1nc(C(=O)O)c(C(F)F)cc1CN. The highest BCUT2D eigenvalue weighted by Crippen LogP contribution is 2.24. The van der Waals surface area contributed by atoms with E-state index in [2.05, 4.69) is 4.98 Å². The number of pyridine rings is 1. The lowest BCUT2D eigenvalue weighted by Crippen LogP contribution is -2.11. The van der Waals surface area contributed by atoms with Crippen molar-refractivity contribution in [1.29, 1.82) is 5.26 Å². The smallest absolute Gasteiger partial charge is 0.355 e. The number of nitriles is 1. The topological polar surface area (TPSA) is 100 Å². The van der Waals surface area contributed by atoms with Crippen molar-refractivity contribution in [3.8, 4) is 6.07 Å². The summed E-state index contributed by atoms with van der Waals surface area (Å²) in [4.78, 5) is 14.0. The van der Waals surface area contributed by atoms with Gasteiger partial charge in [-0.2, -0.15) is 5.26 Å². The van der Waals surface area contributed by atoms with Gasteiger partial charge in [-0.05, 0) is 6.07 Å². The van der Waals surface area contributed by atoms with Crippen molar-refractivity contribution in [2.45, 2.75) is 13.0 Å². The molecule has 0 radical (unpaired) electrons. The van der Waals surface area contributed by atoms with Crippen molar-refractivity contribution in [3.05, 3.63) is 28.6 Å². The van der Waals surface area contributed by atoms with Gasteiger partial charge in [0.2, 0.25) is 0 Å². The Bertz CT molecular complexity index is 469. The van der Waals surface area contributed by atoms with Gasteiger partial charge in [0.05, 0.1) is 5.56 Å². The van der Waals surface area contributed by atoms with E-state index in [1.165, 1.54) is 0 Å². The van der Waals surface area contributed by atoms with Crippen molar-refractivity contribution in [3.63, 3.8) is 0 Å². The normalized spacial score (nSPS) is 10.2. The van der Waals surface area contributed by atoms with Gasteiger partial charge in [-0.3, -0.25) is 0 Å². The first-order valence-electron chi connectivity index (χ1n) is 4.16. The minimum absolute atomic E-state index is 0.0998. The molecule has 0 saturated carbocycles. The quantitative estimate of drug-likeness (QED) is 0.803. The molecule has 0 saturated heterocycles. The molecule has 1 heterocycles. The third-order valence-corrected chi connectivity index (χ3v) is 1.89. The Balaban J connectivity index is 3.49. The maximum atomic E-state index is 12.5. The first-order chi connectivity index (χ1) is 7.51. The van der Waals surface area contributed by atoms with Gasteiger partial charge < -0.3 is 10.8 Å². The molecule has 0 aliphatic rings. The van der Waals surface area contributed by atoms with Crippen molar-refractivity contribution in [2.75, 3.05) is 0 Å². The number of carbonyl (C=O) groups is 1. The predicted octanol–water partition coefficient (Wildman–Crippen LogP) is 1.05. The summed E-state index contributed by atoms with van der Waals surface area (Å²) in [7, 11) is 0. The molecule has 0 spiro atoms. The molecule has 0 aromatic carbocycles. The van der Waals surface area contributed by atoms with Crippen LogP contribution in [0.4, 0.5) is 8.78 Å². The second-order valence-corrected chi connectivity index (χ2v) is 2.86. The molecule has 1 aromatic rings. The lowest BCUT2D eigenvalue weighted by Gasteiger charge is -2.07. The molecule has 16 heavy (non-hydrogen) atoms. The fourth-order valence-corrected chi connectivity index (χ4v) is 1.16. The Hall–Kier alpha value is -2.07. The summed E-state index contributed by atoms with van der Waals surface area (Å²) < 4.78 is 25.0. The first kappa shape index (κ1) is 12.0. The number of hydrogen-bond acceptors (Lipinski definition) is 4. The van der Waals surface area contributed by atoms with E-state index in [0.29, 0.717) is 0 Å². The number of nitrogens with zero attached hydrogens (tertiary/aromatic N) is 2. The molecule has 0 atom stereocenters. The van der Waals surface area contributed by atoms with Gasteiger partial charge in [0.15, 0.2) is 5.69 Å². The summed E-state index contributed by atoms with van der Waals surface area (Å²) in [5.41, 5.74) is 3.55. The Kier molecular flexibility index (Phi) is 3.48. The zero-order chi connectivity index (χ0) is 12.3. The van der Waals surface area contributed by atoms with Crippen molar-refractivity contribution in [1.82, 2.24) is 4.98 Å². The molecule has 0 fully saturated rings. The number of carboxylic acid groups (broad SMARTS) is 1. The number of halogens is 2. The van der Waals surface area contributed by atoms with Gasteiger partial charge in [-0.25, -0.2) is 18.6 Å². The minimum atomic E-state index is -2.98. The molecule has 0 amide bonds. The standard InChI is InChI=1S/C9H7F2N3O2/c10-8(11)5-1-4(2-12)6(3-13)14-7(5)9(15)16/h1,8H,2,12H2,(H,15,16). The maximum Gasteiger partial charge on any atom is 0.355 e. The van der Waals surface area contributed by atoms with Crippen molar-refractivity contribution >= 4 is 5.97 Å². The van der Waals surface area contributed by atoms with Crippen molar-refractivity contribution in [2.24, 2.45) is 5.73 Å². The van der Waals surface area contributed by atoms with Crippen LogP contribution in [0.15, 0.2) is 6.07 Å². The van der Waals surface area contributed by atoms with Crippen molar-refractivity contribution < 1.29 is 18.7 Å². The minimum Gasteiger partial charge on any atom is -0.476 e. The Labute approximate surface area is 89.1 Å². The molecular formula is C9H7F2N3O2. The molecule has 1 rings (SSSR count). The molecule has 0 aliphatic heterocycles. The van der Waals surface area contributed by atoms with E-state index in [-0.39, 0.29) is 17.8 Å². The second-order valence-electron chi connectivity index (χ2n) is 2.86. The van der Waals surface area contributed by atoms with Crippen LogP contribution in [0.2, 0.25) is 0 Å². The summed E-state index contributed by atoms with van der Waals surface area (Å²) in [6.45, 7) is -0.157. The molecule has 5 nitrogen and oxygen atoms in total. The zero-order valence-electron chi connectivity index (χ0n) is 7.94. The van der Waals surface area contributed by atoms with Crippen LogP contribution >= 0.6 is 0 Å². The summed E-state index contributed by atoms with van der Waals surface area (Å²) in [6.07, 6.45) is -2.98. The monoisotopic (exact) mass is 227 g/mol. The van der Waals surface area contributed by atoms with E-state index >= 15 is 0 Å². The fourth-order valence-electron chi connectivity index (χ4n) is 1.16. The summed E-state index contributed by atoms with van der Waals surface area (Å²) >= 11 is 0. The van der Waals surface area contributed by atoms with Crippen LogP contribution in [0.5, 0.6) is 0 Å². The third-order valence-electron chi connectivity index (χ3n) is 1.89. The Morgan fingerprint density at radius 2 is 2.31 bits per heavy atom. The lowest BCUT2D eigenvalue weighted by atomic mass is 10.1. The van der Waals surface area contributed by atoms with E-state index < -0.39 is 23.7 Å². The van der Waals surface area contributed by atoms with Crippen LogP contribution in [-0.4, -0.2) is 16.1 Å². The molecule has 1 aromatic heterocycles. The van der Waals surface area contributed by atoms with E-state index in [9.17, 15) is 13.6 Å². The van der Waals surface area contributed by atoms with E-state index in [1.807, 2.05) is 0 Å². The van der Waals surface area contributed by atoms with Crippen LogP contribution in [0.25, 0.3) is 0 Å². The van der Waals surface area contributed by atoms with Gasteiger partial charge in [0.1, 0.15) is 11.8 Å². The van der Waals surface area contributed by atoms with E-state index in [0.717, 1.165) is 6.07 Å². The Morgan fingerprint density at radius 1 is 1.69 bits per heavy atom. The number of carboxylic acids is 1. The first-order valence-corrected chi connectivity index (χ1v) is 4.16. The van der Waals surface area contributed by atoms with Crippen LogP contribution in [0.3, 0.4) is 0 Å². The highest BCUT2D eigenvalue weighted by atomic mass is 19.3. The fraction of sp³-hybridized carbons (Fsp3) is 0.222. The van der Waals surface area contributed by atoms with E-state index in [4.69, 9.17) is 16.1 Å². The maximum absolute atomic E-state index is 12.5. The molecule has 0 unspecified atom stereocenters. The van der Waals surface area contributed by atoms with Gasteiger partial charge >= 0.3 is 5.97 Å². The summed E-state index contributed by atoms with van der Waals surface area (Å²) in [6, 6.07) is 2.51. The number of alkyl halides is 2. The largest absolute Gasteiger partial charge is 0.476 e. The lowest BCUT2D eigenvalue weighted by molar-refractivity contribution is 0.0677. The number of aromatic nitrogens is 1. The highest BCUT2D eigenvalue weighted by Gasteiger charge is 2.22. The van der Waals surface area contributed by atoms with Gasteiger partial charge in [-0.15, -0.1) is 0 Å². The number of nitrogens with two attached hydrogens (primary N) is 1. The molecule has 3 N–H and O–H groups in total. The van der Waals surface area contributed by atoms with Crippen LogP contribution in [-0.2, 0) is 6.54 Å². The average molecular weight is 227 g/mol. The average Bonchev–Trinajstić information content (AvgIpc) is 2.26. The number of aromatic carboxylic acids is 1. The third kappa shape index (κ3) is 2.12. The van der Waals surface area contributed by atoms with Crippen LogP contribution < -0.4 is 5.73 Å². The molecule has 0 aliphatic carbocycles. The molecule has 0 bridgehead atoms. The van der Waals surface area contributed by atoms with Gasteiger partial charge in [-0.1, -0.05) is 0 Å². The number of rotatable bonds is 3. The van der Waals surface area contributed by atoms with Gasteiger partial charge in [0.25, 0.3) is 6.43 Å². The molecule has 7 heteroatoms. The molecular weight excluding hydrogens is 220 g/mol. The second kappa shape index (κ2) is 4.63. The Morgan fingerprint density at radius 3 is 2.69 bits per heavy atom. The predicted molar refractivity (Wildman–Crippen MR) is 48.8 cm³/mol. The zero-order valence-corrected chi connectivity index (χ0v) is 7.94. The van der Waals surface area contributed by atoms with Gasteiger partial charge in [0, 0.05) is 12.1 Å².